The van der Waals surface area contributed by atoms with Crippen LogP contribution in [0.25, 0.3) is 11.0 Å². The Bertz CT molecular complexity index is 857. The van der Waals surface area contributed by atoms with Gasteiger partial charge in [0.15, 0.2) is 11.5 Å². The summed E-state index contributed by atoms with van der Waals surface area (Å²) < 4.78 is 13.0. The van der Waals surface area contributed by atoms with E-state index in [1.165, 1.54) is 0 Å². The number of rotatable bonds is 4. The minimum absolute atomic E-state index is 0.185. The zero-order valence-electron chi connectivity index (χ0n) is 12.9. The molecule has 5 nitrogen and oxygen atoms in total. The van der Waals surface area contributed by atoms with E-state index in [9.17, 15) is 5.11 Å². The molecule has 2 aromatic carbocycles. The number of aliphatic hydroxyl groups is 1. The van der Waals surface area contributed by atoms with Gasteiger partial charge in [0, 0.05) is 12.1 Å². The summed E-state index contributed by atoms with van der Waals surface area (Å²) in [5, 5.41) is 10.9. The molecule has 0 saturated heterocycles. The molecule has 3 aromatic rings. The lowest BCUT2D eigenvalue weighted by atomic mass is 10.1. The highest BCUT2D eigenvalue weighted by atomic mass is 16.7. The molecule has 0 aliphatic carbocycles. The van der Waals surface area contributed by atoms with E-state index in [-0.39, 0.29) is 6.79 Å². The second-order valence-electron chi connectivity index (χ2n) is 5.59. The first-order chi connectivity index (χ1) is 11.3. The van der Waals surface area contributed by atoms with Gasteiger partial charge in [-0.2, -0.15) is 0 Å². The SMILES string of the molecule is CCCn1c(C(O)c2cccc3c2OCO3)nc2ccccc21. The summed E-state index contributed by atoms with van der Waals surface area (Å²) in [7, 11) is 0. The molecule has 1 aromatic heterocycles. The Morgan fingerprint density at radius 1 is 1.17 bits per heavy atom. The Balaban J connectivity index is 1.85. The van der Waals surface area contributed by atoms with Crippen LogP contribution in [0.4, 0.5) is 0 Å². The molecule has 0 bridgehead atoms. The van der Waals surface area contributed by atoms with E-state index in [1.54, 1.807) is 0 Å². The Morgan fingerprint density at radius 2 is 2.04 bits per heavy atom. The van der Waals surface area contributed by atoms with Crippen molar-refractivity contribution in [2.24, 2.45) is 0 Å². The van der Waals surface area contributed by atoms with E-state index in [1.807, 2.05) is 42.5 Å². The molecule has 0 fully saturated rings. The summed E-state index contributed by atoms with van der Waals surface area (Å²) in [5.41, 5.74) is 2.61. The van der Waals surface area contributed by atoms with E-state index < -0.39 is 6.10 Å². The lowest BCUT2D eigenvalue weighted by Gasteiger charge is -2.15. The molecule has 1 unspecified atom stereocenters. The molecule has 1 aliphatic rings. The molecule has 23 heavy (non-hydrogen) atoms. The minimum Gasteiger partial charge on any atom is -0.454 e. The molecule has 2 heterocycles. The van der Waals surface area contributed by atoms with Crippen LogP contribution in [-0.4, -0.2) is 21.5 Å². The average molecular weight is 310 g/mol. The molecule has 0 radical (unpaired) electrons. The fraction of sp³-hybridized carbons (Fsp3) is 0.278. The highest BCUT2D eigenvalue weighted by molar-refractivity contribution is 5.76. The van der Waals surface area contributed by atoms with Gasteiger partial charge in [0.2, 0.25) is 6.79 Å². The summed E-state index contributed by atoms with van der Waals surface area (Å²) in [4.78, 5) is 4.65. The van der Waals surface area contributed by atoms with Crippen molar-refractivity contribution in [1.82, 2.24) is 9.55 Å². The predicted molar refractivity (Wildman–Crippen MR) is 86.7 cm³/mol. The average Bonchev–Trinajstić information content (AvgIpc) is 3.19. The Labute approximate surface area is 134 Å². The number of aryl methyl sites for hydroxylation is 1. The molecule has 4 rings (SSSR count). The molecule has 1 N–H and O–H groups in total. The zero-order chi connectivity index (χ0) is 15.8. The first-order valence-electron chi connectivity index (χ1n) is 7.81. The van der Waals surface area contributed by atoms with Gasteiger partial charge in [0.1, 0.15) is 11.9 Å². The van der Waals surface area contributed by atoms with Crippen LogP contribution in [0.15, 0.2) is 42.5 Å². The van der Waals surface area contributed by atoms with Crippen LogP contribution in [0.5, 0.6) is 11.5 Å². The minimum atomic E-state index is -0.856. The monoisotopic (exact) mass is 310 g/mol. The van der Waals surface area contributed by atoms with E-state index in [0.29, 0.717) is 22.9 Å². The number of para-hydroxylation sites is 3. The van der Waals surface area contributed by atoms with Crippen molar-refractivity contribution < 1.29 is 14.6 Å². The number of aliphatic hydroxyl groups excluding tert-OH is 1. The Kier molecular flexibility index (Phi) is 3.42. The summed E-state index contributed by atoms with van der Waals surface area (Å²) in [5.74, 6) is 1.91. The molecule has 1 atom stereocenters. The van der Waals surface area contributed by atoms with Crippen LogP contribution in [0.1, 0.15) is 30.8 Å². The quantitative estimate of drug-likeness (QED) is 0.803. The summed E-state index contributed by atoms with van der Waals surface area (Å²) in [6, 6.07) is 13.5. The van der Waals surface area contributed by atoms with Gasteiger partial charge in [-0.05, 0) is 24.6 Å². The van der Waals surface area contributed by atoms with Gasteiger partial charge in [-0.1, -0.05) is 31.2 Å². The zero-order valence-corrected chi connectivity index (χ0v) is 12.9. The molecular formula is C18H18N2O3. The van der Waals surface area contributed by atoms with Crippen molar-refractivity contribution in [3.63, 3.8) is 0 Å². The standard InChI is InChI=1S/C18H18N2O3/c1-2-10-20-14-8-4-3-7-13(14)19-18(20)16(21)12-6-5-9-15-17(12)23-11-22-15/h3-9,16,21H,2,10-11H2,1H3. The highest BCUT2D eigenvalue weighted by Crippen LogP contribution is 2.40. The first-order valence-corrected chi connectivity index (χ1v) is 7.81. The van der Waals surface area contributed by atoms with E-state index in [2.05, 4.69) is 16.5 Å². The predicted octanol–water partition coefficient (Wildman–Crippen LogP) is 3.26. The topological polar surface area (TPSA) is 56.5 Å². The molecule has 0 amide bonds. The lowest BCUT2D eigenvalue weighted by molar-refractivity contribution is 0.165. The van der Waals surface area contributed by atoms with Crippen molar-refractivity contribution in [3.8, 4) is 11.5 Å². The van der Waals surface area contributed by atoms with Gasteiger partial charge in [-0.3, -0.25) is 0 Å². The van der Waals surface area contributed by atoms with E-state index >= 15 is 0 Å². The number of nitrogens with zero attached hydrogens (tertiary/aromatic N) is 2. The van der Waals surface area contributed by atoms with Gasteiger partial charge >= 0.3 is 0 Å². The molecule has 5 heteroatoms. The van der Waals surface area contributed by atoms with Crippen LogP contribution >= 0.6 is 0 Å². The third kappa shape index (κ3) is 2.24. The fourth-order valence-corrected chi connectivity index (χ4v) is 3.07. The molecular weight excluding hydrogens is 292 g/mol. The summed E-state index contributed by atoms with van der Waals surface area (Å²) >= 11 is 0. The van der Waals surface area contributed by atoms with Crippen molar-refractivity contribution in [2.75, 3.05) is 6.79 Å². The first kappa shape index (κ1) is 14.1. The number of imidazole rings is 1. The van der Waals surface area contributed by atoms with Crippen LogP contribution in [-0.2, 0) is 6.54 Å². The fourth-order valence-electron chi connectivity index (χ4n) is 3.07. The molecule has 0 spiro atoms. The third-order valence-corrected chi connectivity index (χ3v) is 4.10. The second kappa shape index (κ2) is 5.59. The van der Waals surface area contributed by atoms with Crippen LogP contribution < -0.4 is 9.47 Å². The number of benzene rings is 2. The second-order valence-corrected chi connectivity index (χ2v) is 5.59. The summed E-state index contributed by atoms with van der Waals surface area (Å²) in [6.45, 7) is 3.10. The third-order valence-electron chi connectivity index (χ3n) is 4.10. The molecule has 118 valence electrons. The molecule has 0 saturated carbocycles. The van der Waals surface area contributed by atoms with Gasteiger partial charge in [0.25, 0.3) is 0 Å². The smallest absolute Gasteiger partial charge is 0.231 e. The largest absolute Gasteiger partial charge is 0.454 e. The maximum atomic E-state index is 10.9. The van der Waals surface area contributed by atoms with Crippen LogP contribution in [0.3, 0.4) is 0 Å². The van der Waals surface area contributed by atoms with Crippen molar-refractivity contribution in [2.45, 2.75) is 26.0 Å². The van der Waals surface area contributed by atoms with Crippen LogP contribution in [0.2, 0.25) is 0 Å². The summed E-state index contributed by atoms with van der Waals surface area (Å²) in [6.07, 6.45) is 0.109. The van der Waals surface area contributed by atoms with Crippen LogP contribution in [0, 0.1) is 0 Å². The Hall–Kier alpha value is -2.53. The van der Waals surface area contributed by atoms with Gasteiger partial charge in [-0.15, -0.1) is 0 Å². The van der Waals surface area contributed by atoms with Crippen molar-refractivity contribution in [3.05, 3.63) is 53.9 Å². The highest BCUT2D eigenvalue weighted by Gasteiger charge is 2.26. The van der Waals surface area contributed by atoms with Crippen molar-refractivity contribution in [1.29, 1.82) is 0 Å². The Morgan fingerprint density at radius 3 is 2.91 bits per heavy atom. The lowest BCUT2D eigenvalue weighted by Crippen LogP contribution is -2.11. The maximum absolute atomic E-state index is 10.9. The number of ether oxygens (including phenoxy) is 2. The number of hydrogen-bond acceptors (Lipinski definition) is 4. The number of fused-ring (bicyclic) bond motifs is 2. The van der Waals surface area contributed by atoms with E-state index in [0.717, 1.165) is 24.0 Å². The normalized spacial score (nSPS) is 14.3. The van der Waals surface area contributed by atoms with Gasteiger partial charge in [-0.25, -0.2) is 4.98 Å². The molecule has 1 aliphatic heterocycles. The number of hydrogen-bond donors (Lipinski definition) is 1. The number of aromatic nitrogens is 2. The van der Waals surface area contributed by atoms with E-state index in [4.69, 9.17) is 9.47 Å². The van der Waals surface area contributed by atoms with Crippen molar-refractivity contribution >= 4 is 11.0 Å². The maximum Gasteiger partial charge on any atom is 0.231 e. The van der Waals surface area contributed by atoms with Gasteiger partial charge < -0.3 is 19.1 Å². The van der Waals surface area contributed by atoms with Gasteiger partial charge in [0.05, 0.1) is 11.0 Å².